The zero-order valence-corrected chi connectivity index (χ0v) is 12.0. The van der Waals surface area contributed by atoms with Gasteiger partial charge in [-0.25, -0.2) is 0 Å². The van der Waals surface area contributed by atoms with E-state index in [0.29, 0.717) is 16.6 Å². The Labute approximate surface area is 105 Å². The van der Waals surface area contributed by atoms with Gasteiger partial charge in [-0.15, -0.1) is 0 Å². The SMILES string of the molecule is C[N+]1(C)C=CC=C(CC(P(=O)(O)O)P(=O)(O)O)C1. The largest absolute Gasteiger partial charge is 0.341 e. The minimum absolute atomic E-state index is 0.305. The lowest BCUT2D eigenvalue weighted by Crippen LogP contribution is -2.37. The van der Waals surface area contributed by atoms with Crippen molar-refractivity contribution in [1.29, 1.82) is 0 Å². The third-order valence-corrected chi connectivity index (χ3v) is 6.38. The molecule has 104 valence electrons. The van der Waals surface area contributed by atoms with Gasteiger partial charge in [-0.05, 0) is 18.1 Å². The van der Waals surface area contributed by atoms with Gasteiger partial charge >= 0.3 is 15.2 Å². The van der Waals surface area contributed by atoms with Gasteiger partial charge in [-0.1, -0.05) is 6.08 Å². The fraction of sp³-hybridized carbons (Fsp3) is 0.556. The Bertz CT molecular complexity index is 449. The van der Waals surface area contributed by atoms with Gasteiger partial charge in [0.2, 0.25) is 0 Å². The summed E-state index contributed by atoms with van der Waals surface area (Å²) in [7, 11) is -5.92. The summed E-state index contributed by atoms with van der Waals surface area (Å²) in [5.74, 6) is 0. The first-order valence-electron chi connectivity index (χ1n) is 5.22. The van der Waals surface area contributed by atoms with Crippen LogP contribution in [-0.2, 0) is 9.13 Å². The first kappa shape index (κ1) is 15.8. The van der Waals surface area contributed by atoms with Crippen LogP contribution in [0.1, 0.15) is 6.42 Å². The molecule has 0 bridgehead atoms. The van der Waals surface area contributed by atoms with Gasteiger partial charge in [0.15, 0.2) is 5.40 Å². The average molecular weight is 298 g/mol. The highest BCUT2D eigenvalue weighted by atomic mass is 31.2. The second-order valence-electron chi connectivity index (χ2n) is 4.97. The Hall–Kier alpha value is -0.260. The van der Waals surface area contributed by atoms with Crippen LogP contribution in [0.5, 0.6) is 0 Å². The van der Waals surface area contributed by atoms with Gasteiger partial charge in [0.25, 0.3) is 0 Å². The molecule has 1 aliphatic rings. The second kappa shape index (κ2) is 5.02. The normalized spacial score (nSPS) is 20.1. The maximum absolute atomic E-state index is 11.2. The maximum Gasteiger partial charge on any atom is 0.341 e. The summed E-state index contributed by atoms with van der Waals surface area (Å²) in [5, 5.41) is -1.96. The van der Waals surface area contributed by atoms with Gasteiger partial charge in [-0.2, -0.15) is 0 Å². The predicted molar refractivity (Wildman–Crippen MR) is 66.7 cm³/mol. The number of likely N-dealkylation sites (N-methyl/N-ethyl adjacent to an activating group) is 1. The summed E-state index contributed by atoms with van der Waals surface area (Å²) >= 11 is 0. The van der Waals surface area contributed by atoms with E-state index in [0.717, 1.165) is 0 Å². The minimum Gasteiger partial charge on any atom is -0.324 e. The molecule has 0 saturated heterocycles. The lowest BCUT2D eigenvalue weighted by Gasteiger charge is -2.30. The van der Waals surface area contributed by atoms with Crippen molar-refractivity contribution in [3.8, 4) is 0 Å². The number of hydrogen-bond donors (Lipinski definition) is 4. The zero-order valence-electron chi connectivity index (χ0n) is 10.2. The molecule has 0 radical (unpaired) electrons. The molecule has 0 aromatic rings. The first-order chi connectivity index (χ1) is 7.92. The Morgan fingerprint density at radius 3 is 2.11 bits per heavy atom. The molecule has 1 heterocycles. The molecule has 0 aromatic carbocycles. The molecule has 1 aliphatic heterocycles. The van der Waals surface area contributed by atoms with Crippen LogP contribution in [0.2, 0.25) is 0 Å². The average Bonchev–Trinajstić information content (AvgIpc) is 2.09. The summed E-state index contributed by atoms with van der Waals surface area (Å²) in [6, 6.07) is 0. The lowest BCUT2D eigenvalue weighted by atomic mass is 10.1. The number of allylic oxidation sites excluding steroid dienone is 2. The summed E-state index contributed by atoms with van der Waals surface area (Å²) < 4.78 is 22.8. The van der Waals surface area contributed by atoms with Gasteiger partial charge in [0.1, 0.15) is 6.54 Å². The van der Waals surface area contributed by atoms with E-state index in [2.05, 4.69) is 0 Å². The molecule has 0 atom stereocenters. The fourth-order valence-electron chi connectivity index (χ4n) is 1.84. The summed E-state index contributed by atoms with van der Waals surface area (Å²) in [4.78, 5) is 36.2. The van der Waals surface area contributed by atoms with Crippen LogP contribution in [0.3, 0.4) is 0 Å². The molecule has 0 aliphatic carbocycles. The first-order valence-corrected chi connectivity index (χ1v) is 8.58. The highest BCUT2D eigenvalue weighted by Crippen LogP contribution is 2.62. The van der Waals surface area contributed by atoms with E-state index in [1.54, 1.807) is 12.2 Å². The Morgan fingerprint density at radius 2 is 1.72 bits per heavy atom. The van der Waals surface area contributed by atoms with E-state index >= 15 is 0 Å². The zero-order chi connectivity index (χ0) is 14.2. The molecule has 0 aromatic heterocycles. The topological polar surface area (TPSA) is 115 Å². The van der Waals surface area contributed by atoms with E-state index < -0.39 is 20.6 Å². The van der Waals surface area contributed by atoms with Crippen molar-refractivity contribution in [2.24, 2.45) is 0 Å². The standard InChI is InChI=1S/C9H17NO6P2/c1-10(2)5-3-4-8(7-10)6-9(17(11,12)13)18(14,15)16/h3-5,9H,6-7H2,1-2H3,(H3-,11,12,13,14,15,16)/p+1. The molecule has 4 N–H and O–H groups in total. The molecule has 9 heteroatoms. The molecule has 0 fully saturated rings. The van der Waals surface area contributed by atoms with E-state index in [9.17, 15) is 9.13 Å². The lowest BCUT2D eigenvalue weighted by molar-refractivity contribution is -0.834. The minimum atomic E-state index is -4.84. The van der Waals surface area contributed by atoms with Crippen LogP contribution in [0.25, 0.3) is 0 Å². The summed E-state index contributed by atoms with van der Waals surface area (Å²) in [5.41, 5.74) is 0.610. The Morgan fingerprint density at radius 1 is 1.22 bits per heavy atom. The third-order valence-electron chi connectivity index (χ3n) is 2.65. The molecule has 1 rings (SSSR count). The van der Waals surface area contributed by atoms with Crippen LogP contribution in [0.15, 0.2) is 23.9 Å². The molecule has 0 saturated carbocycles. The van der Waals surface area contributed by atoms with Crippen molar-refractivity contribution in [3.63, 3.8) is 0 Å². The van der Waals surface area contributed by atoms with Gasteiger partial charge in [-0.3, -0.25) is 13.6 Å². The molecule has 7 nitrogen and oxygen atoms in total. The van der Waals surface area contributed by atoms with Crippen molar-refractivity contribution < 1.29 is 33.2 Å². The number of rotatable bonds is 4. The van der Waals surface area contributed by atoms with E-state index in [4.69, 9.17) is 19.6 Å². The monoisotopic (exact) mass is 298 g/mol. The quantitative estimate of drug-likeness (QED) is 0.446. The molecular formula is C9H18NO6P2+. The summed E-state index contributed by atoms with van der Waals surface area (Å²) in [6.45, 7) is 0.465. The highest BCUT2D eigenvalue weighted by Gasteiger charge is 2.44. The molecule has 0 unspecified atom stereocenters. The fourth-order valence-corrected chi connectivity index (χ4v) is 4.35. The second-order valence-corrected chi connectivity index (χ2v) is 8.98. The van der Waals surface area contributed by atoms with E-state index in [-0.39, 0.29) is 6.42 Å². The van der Waals surface area contributed by atoms with Gasteiger partial charge in [0.05, 0.1) is 20.3 Å². The molecule has 0 spiro atoms. The smallest absolute Gasteiger partial charge is 0.324 e. The molecular weight excluding hydrogens is 280 g/mol. The van der Waals surface area contributed by atoms with Crippen molar-refractivity contribution in [2.45, 2.75) is 11.8 Å². The Kier molecular flexibility index (Phi) is 4.41. The van der Waals surface area contributed by atoms with Gasteiger partial charge in [0, 0.05) is 0 Å². The van der Waals surface area contributed by atoms with Crippen LogP contribution < -0.4 is 0 Å². The number of nitrogens with zero attached hydrogens (tertiary/aromatic N) is 1. The predicted octanol–water partition coefficient (Wildman–Crippen LogP) is 0.588. The highest BCUT2D eigenvalue weighted by molar-refractivity contribution is 7.70. The van der Waals surface area contributed by atoms with Crippen molar-refractivity contribution in [3.05, 3.63) is 23.9 Å². The summed E-state index contributed by atoms with van der Waals surface area (Å²) in [6.07, 6.45) is 4.94. The van der Waals surface area contributed by atoms with Crippen molar-refractivity contribution >= 4 is 15.2 Å². The Balaban J connectivity index is 2.94. The maximum atomic E-state index is 11.2. The van der Waals surface area contributed by atoms with Gasteiger partial charge < -0.3 is 19.6 Å². The van der Waals surface area contributed by atoms with E-state index in [1.807, 2.05) is 20.3 Å². The molecule has 0 amide bonds. The van der Waals surface area contributed by atoms with Crippen molar-refractivity contribution in [2.75, 3.05) is 20.6 Å². The van der Waals surface area contributed by atoms with Crippen molar-refractivity contribution in [1.82, 2.24) is 0 Å². The number of quaternary nitrogens is 1. The number of hydrogen-bond acceptors (Lipinski definition) is 2. The van der Waals surface area contributed by atoms with Crippen LogP contribution in [-0.4, -0.2) is 50.1 Å². The van der Waals surface area contributed by atoms with Crippen LogP contribution in [0, 0.1) is 0 Å². The van der Waals surface area contributed by atoms with Crippen LogP contribution >= 0.6 is 15.2 Å². The van der Waals surface area contributed by atoms with E-state index in [1.165, 1.54) is 0 Å². The molecule has 18 heavy (non-hydrogen) atoms. The third kappa shape index (κ3) is 4.44. The van der Waals surface area contributed by atoms with Crippen LogP contribution in [0.4, 0.5) is 0 Å².